The molecule has 90 valence electrons. The van der Waals surface area contributed by atoms with Gasteiger partial charge in [-0.3, -0.25) is 4.79 Å². The highest BCUT2D eigenvalue weighted by atomic mass is 35.5. The Labute approximate surface area is 106 Å². The molecular formula is C13H15ClN2O. The van der Waals surface area contributed by atoms with Crippen molar-refractivity contribution in [2.24, 2.45) is 5.92 Å². The molecule has 1 aromatic rings. The first-order valence-corrected chi connectivity index (χ1v) is 6.42. The maximum absolute atomic E-state index is 12.1. The molecule has 2 aliphatic heterocycles. The third kappa shape index (κ3) is 1.83. The minimum Gasteiger partial charge on any atom is -0.315 e. The van der Waals surface area contributed by atoms with Crippen molar-refractivity contribution in [3.05, 3.63) is 29.3 Å². The third-order valence-corrected chi connectivity index (χ3v) is 4.06. The van der Waals surface area contributed by atoms with Gasteiger partial charge in [0.05, 0.1) is 16.8 Å². The molecule has 0 aliphatic carbocycles. The number of amides is 1. The molecule has 1 N–H and O–H groups in total. The molecule has 1 aromatic carbocycles. The summed E-state index contributed by atoms with van der Waals surface area (Å²) in [6, 6.07) is 7.86. The van der Waals surface area contributed by atoms with E-state index in [1.165, 1.54) is 0 Å². The maximum atomic E-state index is 12.1. The molecule has 0 spiro atoms. The number of carbonyl (C=O) groups excluding carboxylic acids is 1. The summed E-state index contributed by atoms with van der Waals surface area (Å²) in [5, 5.41) is 4.02. The van der Waals surface area contributed by atoms with E-state index in [1.54, 1.807) is 0 Å². The van der Waals surface area contributed by atoms with Crippen LogP contribution in [0.1, 0.15) is 12.8 Å². The predicted molar refractivity (Wildman–Crippen MR) is 68.3 cm³/mol. The molecule has 2 unspecified atom stereocenters. The molecule has 4 heteroatoms. The molecule has 2 aliphatic rings. The van der Waals surface area contributed by atoms with Crippen LogP contribution in [-0.4, -0.2) is 25.0 Å². The Balaban J connectivity index is 1.96. The molecule has 2 saturated heterocycles. The number of nitrogens with zero attached hydrogens (tertiary/aromatic N) is 1. The second-order valence-corrected chi connectivity index (χ2v) is 5.15. The van der Waals surface area contributed by atoms with E-state index in [-0.39, 0.29) is 11.9 Å². The number of nitrogens with one attached hydrogen (secondary N) is 1. The van der Waals surface area contributed by atoms with Crippen LogP contribution in [0.2, 0.25) is 5.02 Å². The molecular weight excluding hydrogens is 236 g/mol. The third-order valence-electron chi connectivity index (χ3n) is 3.74. The summed E-state index contributed by atoms with van der Waals surface area (Å²) in [7, 11) is 0. The molecule has 0 radical (unpaired) electrons. The van der Waals surface area contributed by atoms with E-state index < -0.39 is 0 Å². The number of benzene rings is 1. The Morgan fingerprint density at radius 1 is 1.35 bits per heavy atom. The molecule has 3 rings (SSSR count). The molecule has 2 heterocycles. The van der Waals surface area contributed by atoms with Gasteiger partial charge < -0.3 is 10.2 Å². The second kappa shape index (κ2) is 4.31. The van der Waals surface area contributed by atoms with Crippen molar-refractivity contribution in [3.63, 3.8) is 0 Å². The Bertz CT molecular complexity index is 449. The number of rotatable bonds is 1. The fraction of sp³-hybridized carbons (Fsp3) is 0.462. The minimum absolute atomic E-state index is 0.205. The second-order valence-electron chi connectivity index (χ2n) is 4.74. The van der Waals surface area contributed by atoms with Crippen molar-refractivity contribution in [2.45, 2.75) is 18.9 Å². The van der Waals surface area contributed by atoms with Crippen molar-refractivity contribution in [2.75, 3.05) is 18.0 Å². The number of carbonyl (C=O) groups is 1. The number of hydrogen-bond acceptors (Lipinski definition) is 2. The normalized spacial score (nSPS) is 28.3. The van der Waals surface area contributed by atoms with Gasteiger partial charge >= 0.3 is 0 Å². The standard InChI is InChI=1S/C13H15ClN2O/c14-10-3-1-2-4-11(10)16-12-8-15-6-5-9(12)7-13(16)17/h1-4,9,12,15H,5-8H2. The van der Waals surface area contributed by atoms with E-state index in [0.717, 1.165) is 25.2 Å². The zero-order valence-corrected chi connectivity index (χ0v) is 10.3. The van der Waals surface area contributed by atoms with Gasteiger partial charge in [0.15, 0.2) is 0 Å². The fourth-order valence-electron chi connectivity index (χ4n) is 2.90. The topological polar surface area (TPSA) is 32.3 Å². The van der Waals surface area contributed by atoms with E-state index in [9.17, 15) is 4.79 Å². The lowest BCUT2D eigenvalue weighted by Crippen LogP contribution is -2.46. The van der Waals surface area contributed by atoms with Crippen molar-refractivity contribution in [3.8, 4) is 0 Å². The van der Waals surface area contributed by atoms with Gasteiger partial charge in [-0.25, -0.2) is 0 Å². The molecule has 2 atom stereocenters. The van der Waals surface area contributed by atoms with Crippen molar-refractivity contribution >= 4 is 23.2 Å². The number of halogens is 1. The largest absolute Gasteiger partial charge is 0.315 e. The van der Waals surface area contributed by atoms with Crippen molar-refractivity contribution in [1.29, 1.82) is 0 Å². The Morgan fingerprint density at radius 2 is 2.18 bits per heavy atom. The lowest BCUT2D eigenvalue weighted by Gasteiger charge is -2.32. The first kappa shape index (κ1) is 11.1. The number of hydrogen-bond donors (Lipinski definition) is 1. The SMILES string of the molecule is O=C1CC2CCNCC2N1c1ccccc1Cl. The first-order chi connectivity index (χ1) is 8.27. The highest BCUT2D eigenvalue weighted by Gasteiger charge is 2.42. The predicted octanol–water partition coefficient (Wildman–Crippen LogP) is 2.05. The van der Waals surface area contributed by atoms with Crippen LogP contribution in [0.25, 0.3) is 0 Å². The van der Waals surface area contributed by atoms with Crippen LogP contribution < -0.4 is 10.2 Å². The van der Waals surface area contributed by atoms with Crippen LogP contribution >= 0.6 is 11.6 Å². The zero-order chi connectivity index (χ0) is 11.8. The van der Waals surface area contributed by atoms with Crippen molar-refractivity contribution < 1.29 is 4.79 Å². The van der Waals surface area contributed by atoms with E-state index in [4.69, 9.17) is 11.6 Å². The quantitative estimate of drug-likeness (QED) is 0.828. The Kier molecular flexibility index (Phi) is 2.81. The average Bonchev–Trinajstić information content (AvgIpc) is 2.66. The van der Waals surface area contributed by atoms with E-state index >= 15 is 0 Å². The molecule has 1 amide bonds. The van der Waals surface area contributed by atoms with Gasteiger partial charge in [0, 0.05) is 13.0 Å². The maximum Gasteiger partial charge on any atom is 0.227 e. The molecule has 0 bridgehead atoms. The van der Waals surface area contributed by atoms with E-state index in [0.29, 0.717) is 17.4 Å². The van der Waals surface area contributed by atoms with Gasteiger partial charge in [-0.1, -0.05) is 23.7 Å². The number of piperidine rings is 1. The molecule has 3 nitrogen and oxygen atoms in total. The van der Waals surface area contributed by atoms with Crippen LogP contribution in [0.4, 0.5) is 5.69 Å². The van der Waals surface area contributed by atoms with Gasteiger partial charge in [-0.05, 0) is 31.0 Å². The van der Waals surface area contributed by atoms with Gasteiger partial charge in [0.2, 0.25) is 5.91 Å². The number of para-hydroxylation sites is 1. The summed E-state index contributed by atoms with van der Waals surface area (Å²) >= 11 is 6.19. The number of anilines is 1. The van der Waals surface area contributed by atoms with Crippen LogP contribution in [0.5, 0.6) is 0 Å². The number of fused-ring (bicyclic) bond motifs is 1. The minimum atomic E-state index is 0.205. The molecule has 0 saturated carbocycles. The van der Waals surface area contributed by atoms with E-state index in [2.05, 4.69) is 5.32 Å². The average molecular weight is 251 g/mol. The summed E-state index contributed by atoms with van der Waals surface area (Å²) in [6.45, 7) is 1.90. The highest BCUT2D eigenvalue weighted by Crippen LogP contribution is 2.37. The zero-order valence-electron chi connectivity index (χ0n) is 9.53. The lowest BCUT2D eigenvalue weighted by atomic mass is 9.93. The summed E-state index contributed by atoms with van der Waals surface area (Å²) in [5.74, 6) is 0.692. The summed E-state index contributed by atoms with van der Waals surface area (Å²) in [4.78, 5) is 14.0. The van der Waals surface area contributed by atoms with Crippen LogP contribution in [0, 0.1) is 5.92 Å². The van der Waals surface area contributed by atoms with Crippen LogP contribution in [-0.2, 0) is 4.79 Å². The molecule has 17 heavy (non-hydrogen) atoms. The monoisotopic (exact) mass is 250 g/mol. The molecule has 0 aromatic heterocycles. The summed E-state index contributed by atoms with van der Waals surface area (Å²) in [5.41, 5.74) is 0.857. The lowest BCUT2D eigenvalue weighted by molar-refractivity contribution is -0.117. The summed E-state index contributed by atoms with van der Waals surface area (Å²) in [6.07, 6.45) is 1.74. The first-order valence-electron chi connectivity index (χ1n) is 6.04. The van der Waals surface area contributed by atoms with Crippen molar-refractivity contribution in [1.82, 2.24) is 5.32 Å². The fourth-order valence-corrected chi connectivity index (χ4v) is 3.13. The highest BCUT2D eigenvalue weighted by molar-refractivity contribution is 6.33. The van der Waals surface area contributed by atoms with E-state index in [1.807, 2.05) is 29.2 Å². The Morgan fingerprint density at radius 3 is 3.00 bits per heavy atom. The van der Waals surface area contributed by atoms with Gasteiger partial charge in [-0.2, -0.15) is 0 Å². The van der Waals surface area contributed by atoms with Crippen LogP contribution in [0.15, 0.2) is 24.3 Å². The van der Waals surface area contributed by atoms with Gasteiger partial charge in [-0.15, -0.1) is 0 Å². The van der Waals surface area contributed by atoms with Gasteiger partial charge in [0.25, 0.3) is 0 Å². The van der Waals surface area contributed by atoms with Crippen LogP contribution in [0.3, 0.4) is 0 Å². The Hall–Kier alpha value is -1.06. The van der Waals surface area contributed by atoms with Gasteiger partial charge in [0.1, 0.15) is 0 Å². The smallest absolute Gasteiger partial charge is 0.227 e. The molecule has 2 fully saturated rings. The summed E-state index contributed by atoms with van der Waals surface area (Å²) < 4.78 is 0.